The zero-order valence-electron chi connectivity index (χ0n) is 7.98. The van der Waals surface area contributed by atoms with Crippen LogP contribution in [0.4, 0.5) is 10.5 Å². The lowest BCUT2D eigenvalue weighted by molar-refractivity contribution is 0.190. The average molecular weight is 230 g/mol. The van der Waals surface area contributed by atoms with E-state index in [1.807, 2.05) is 0 Å². The third kappa shape index (κ3) is 3.75. The Hall–Kier alpha value is -1.30. The predicted octanol–water partition coefficient (Wildman–Crippen LogP) is 1.04. The van der Waals surface area contributed by atoms with Crippen LogP contribution in [0.2, 0.25) is 5.02 Å². The summed E-state index contributed by atoms with van der Waals surface area (Å²) in [5.74, 6) is 5.34. The quantitative estimate of drug-likeness (QED) is 0.412. The number of urea groups is 1. The van der Waals surface area contributed by atoms with E-state index in [2.05, 4.69) is 5.32 Å². The van der Waals surface area contributed by atoms with Gasteiger partial charge in [0.15, 0.2) is 0 Å². The summed E-state index contributed by atoms with van der Waals surface area (Å²) < 4.78 is 0. The van der Waals surface area contributed by atoms with E-state index in [1.165, 1.54) is 0 Å². The lowest BCUT2D eigenvalue weighted by Gasteiger charge is -2.15. The van der Waals surface area contributed by atoms with Gasteiger partial charge in [-0.25, -0.2) is 10.6 Å². The van der Waals surface area contributed by atoms with Crippen LogP contribution in [0, 0.1) is 0 Å². The van der Waals surface area contributed by atoms with Gasteiger partial charge in [-0.3, -0.25) is 5.01 Å². The van der Waals surface area contributed by atoms with Gasteiger partial charge < -0.3 is 10.4 Å². The highest BCUT2D eigenvalue weighted by molar-refractivity contribution is 6.30. The maximum absolute atomic E-state index is 11.3. The van der Waals surface area contributed by atoms with Gasteiger partial charge in [0.1, 0.15) is 0 Å². The fourth-order valence-electron chi connectivity index (χ4n) is 0.938. The average Bonchev–Trinajstić information content (AvgIpc) is 2.22. The number of benzene rings is 1. The molecule has 2 amide bonds. The van der Waals surface area contributed by atoms with Crippen molar-refractivity contribution in [3.63, 3.8) is 0 Å². The number of aliphatic hydroxyl groups is 1. The number of rotatable bonds is 3. The van der Waals surface area contributed by atoms with Gasteiger partial charge in [-0.15, -0.1) is 0 Å². The summed E-state index contributed by atoms with van der Waals surface area (Å²) in [4.78, 5) is 11.3. The number of amides is 2. The molecule has 1 aromatic carbocycles. The van der Waals surface area contributed by atoms with Crippen LogP contribution in [-0.2, 0) is 0 Å². The van der Waals surface area contributed by atoms with Gasteiger partial charge in [-0.05, 0) is 24.3 Å². The Morgan fingerprint density at radius 3 is 2.60 bits per heavy atom. The molecule has 1 rings (SSSR count). The van der Waals surface area contributed by atoms with E-state index in [0.717, 1.165) is 5.01 Å². The first-order valence-corrected chi connectivity index (χ1v) is 4.71. The van der Waals surface area contributed by atoms with E-state index in [9.17, 15) is 4.79 Å². The number of hydrazine groups is 1. The van der Waals surface area contributed by atoms with Crippen molar-refractivity contribution in [2.45, 2.75) is 0 Å². The standard InChI is InChI=1S/C9H12ClN3O2/c10-7-1-3-8(4-2-7)12-9(15)13(11)5-6-14/h1-4,14H,5-6,11H2,(H,12,15). The minimum atomic E-state index is -0.480. The summed E-state index contributed by atoms with van der Waals surface area (Å²) in [5, 5.41) is 12.6. The van der Waals surface area contributed by atoms with Crippen LogP contribution in [0.5, 0.6) is 0 Å². The van der Waals surface area contributed by atoms with Crippen molar-refractivity contribution in [3.8, 4) is 0 Å². The summed E-state index contributed by atoms with van der Waals surface area (Å²) >= 11 is 5.68. The van der Waals surface area contributed by atoms with Crippen molar-refractivity contribution < 1.29 is 9.90 Å². The SMILES string of the molecule is NN(CCO)C(=O)Nc1ccc(Cl)cc1. The van der Waals surface area contributed by atoms with Crippen molar-refractivity contribution in [2.24, 2.45) is 5.84 Å². The first-order chi connectivity index (χ1) is 7.13. The van der Waals surface area contributed by atoms with Crippen LogP contribution in [0.15, 0.2) is 24.3 Å². The number of carbonyl (C=O) groups excluding carboxylic acids is 1. The molecule has 82 valence electrons. The minimum Gasteiger partial charge on any atom is -0.394 e. The van der Waals surface area contributed by atoms with Crippen molar-refractivity contribution in [2.75, 3.05) is 18.5 Å². The number of anilines is 1. The van der Waals surface area contributed by atoms with Crippen molar-refractivity contribution in [3.05, 3.63) is 29.3 Å². The summed E-state index contributed by atoms with van der Waals surface area (Å²) in [6.45, 7) is -0.0933. The first-order valence-electron chi connectivity index (χ1n) is 4.33. The van der Waals surface area contributed by atoms with Gasteiger partial charge in [0, 0.05) is 10.7 Å². The van der Waals surface area contributed by atoms with Crippen LogP contribution in [0.25, 0.3) is 0 Å². The van der Waals surface area contributed by atoms with Crippen molar-refractivity contribution in [1.82, 2.24) is 5.01 Å². The zero-order chi connectivity index (χ0) is 11.3. The largest absolute Gasteiger partial charge is 0.394 e. The second-order valence-corrected chi connectivity index (χ2v) is 3.29. The molecule has 0 heterocycles. The van der Waals surface area contributed by atoms with Crippen LogP contribution >= 0.6 is 11.6 Å². The Bertz CT molecular complexity index is 329. The van der Waals surface area contributed by atoms with Crippen LogP contribution in [0.3, 0.4) is 0 Å². The Morgan fingerprint density at radius 2 is 2.07 bits per heavy atom. The normalized spacial score (nSPS) is 9.80. The number of hydrogen-bond donors (Lipinski definition) is 3. The highest BCUT2D eigenvalue weighted by Crippen LogP contribution is 2.13. The maximum Gasteiger partial charge on any atom is 0.336 e. The van der Waals surface area contributed by atoms with Crippen LogP contribution < -0.4 is 11.2 Å². The monoisotopic (exact) mass is 229 g/mol. The topological polar surface area (TPSA) is 78.6 Å². The highest BCUT2D eigenvalue weighted by atomic mass is 35.5. The van der Waals surface area contributed by atoms with E-state index in [4.69, 9.17) is 22.6 Å². The molecular formula is C9H12ClN3O2. The summed E-state index contributed by atoms with van der Waals surface area (Å²) in [5.41, 5.74) is 0.595. The highest BCUT2D eigenvalue weighted by Gasteiger charge is 2.07. The van der Waals surface area contributed by atoms with E-state index < -0.39 is 6.03 Å². The van der Waals surface area contributed by atoms with Gasteiger partial charge in [0.25, 0.3) is 0 Å². The molecule has 0 spiro atoms. The molecule has 0 unspecified atom stereocenters. The van der Waals surface area contributed by atoms with Gasteiger partial charge >= 0.3 is 6.03 Å². The Labute approximate surface area is 92.4 Å². The number of nitrogens with zero attached hydrogens (tertiary/aromatic N) is 1. The summed E-state index contributed by atoms with van der Waals surface area (Å²) in [6.07, 6.45) is 0. The number of halogens is 1. The molecule has 0 aromatic heterocycles. The third-order valence-electron chi connectivity index (χ3n) is 1.70. The zero-order valence-corrected chi connectivity index (χ0v) is 8.74. The lowest BCUT2D eigenvalue weighted by atomic mass is 10.3. The van der Waals surface area contributed by atoms with Gasteiger partial charge in [-0.1, -0.05) is 11.6 Å². The summed E-state index contributed by atoms with van der Waals surface area (Å²) in [7, 11) is 0. The summed E-state index contributed by atoms with van der Waals surface area (Å²) in [6, 6.07) is 6.15. The molecule has 0 atom stereocenters. The fraction of sp³-hybridized carbons (Fsp3) is 0.222. The molecule has 0 fully saturated rings. The molecule has 0 bridgehead atoms. The molecule has 0 saturated heterocycles. The number of hydrogen-bond acceptors (Lipinski definition) is 3. The lowest BCUT2D eigenvalue weighted by Crippen LogP contribution is -2.42. The number of aliphatic hydroxyl groups excluding tert-OH is 1. The van der Waals surface area contributed by atoms with E-state index in [1.54, 1.807) is 24.3 Å². The minimum absolute atomic E-state index is 0.0828. The molecule has 1 aromatic rings. The molecule has 0 aliphatic carbocycles. The molecule has 5 nitrogen and oxygen atoms in total. The van der Waals surface area contributed by atoms with Gasteiger partial charge in [0.05, 0.1) is 13.2 Å². The van der Waals surface area contributed by atoms with E-state index in [0.29, 0.717) is 10.7 Å². The molecule has 6 heteroatoms. The number of carbonyl (C=O) groups is 1. The molecule has 15 heavy (non-hydrogen) atoms. The molecule has 0 aliphatic heterocycles. The predicted molar refractivity (Wildman–Crippen MR) is 58.4 cm³/mol. The van der Waals surface area contributed by atoms with Gasteiger partial charge in [0.2, 0.25) is 0 Å². The molecule has 4 N–H and O–H groups in total. The van der Waals surface area contributed by atoms with E-state index >= 15 is 0 Å². The Morgan fingerprint density at radius 1 is 1.47 bits per heavy atom. The number of nitrogens with two attached hydrogens (primary N) is 1. The maximum atomic E-state index is 11.3. The second kappa shape index (κ2) is 5.55. The Kier molecular flexibility index (Phi) is 4.36. The van der Waals surface area contributed by atoms with E-state index in [-0.39, 0.29) is 13.2 Å². The molecule has 0 saturated carbocycles. The number of nitrogens with one attached hydrogen (secondary N) is 1. The molecule has 0 aliphatic rings. The first kappa shape index (κ1) is 11.8. The second-order valence-electron chi connectivity index (χ2n) is 2.85. The van der Waals surface area contributed by atoms with Crippen molar-refractivity contribution >= 4 is 23.3 Å². The van der Waals surface area contributed by atoms with Gasteiger partial charge in [-0.2, -0.15) is 0 Å². The van der Waals surface area contributed by atoms with Crippen molar-refractivity contribution in [1.29, 1.82) is 0 Å². The van der Waals surface area contributed by atoms with Crippen LogP contribution in [0.1, 0.15) is 0 Å². The van der Waals surface area contributed by atoms with Crippen LogP contribution in [-0.4, -0.2) is 29.3 Å². The molecular weight excluding hydrogens is 218 g/mol. The molecule has 0 radical (unpaired) electrons. The Balaban J connectivity index is 2.54. The fourth-order valence-corrected chi connectivity index (χ4v) is 1.06. The third-order valence-corrected chi connectivity index (χ3v) is 1.95. The smallest absolute Gasteiger partial charge is 0.336 e.